The molecular weight excluding hydrogens is 290 g/mol. The summed E-state index contributed by atoms with van der Waals surface area (Å²) >= 11 is 0. The number of nitrogens with one attached hydrogen (secondary N) is 1. The first-order chi connectivity index (χ1) is 10.00. The van der Waals surface area contributed by atoms with Gasteiger partial charge in [0.1, 0.15) is 16.4 Å². The molecule has 1 aliphatic rings. The second-order valence-corrected chi connectivity index (χ2v) is 7.24. The fourth-order valence-electron chi connectivity index (χ4n) is 2.15. The highest BCUT2D eigenvalue weighted by Crippen LogP contribution is 2.13. The number of hydrogen-bond donors (Lipinski definition) is 2. The van der Waals surface area contributed by atoms with Gasteiger partial charge in [-0.1, -0.05) is 11.8 Å². The zero-order chi connectivity index (χ0) is 15.3. The Labute approximate surface area is 124 Å². The Balaban J connectivity index is 1.94. The zero-order valence-corrected chi connectivity index (χ0v) is 12.3. The van der Waals surface area contributed by atoms with Crippen LogP contribution in [0.5, 0.6) is 0 Å². The van der Waals surface area contributed by atoms with E-state index in [0.717, 1.165) is 5.56 Å². The van der Waals surface area contributed by atoms with E-state index in [2.05, 4.69) is 17.2 Å². The standard InChI is InChI=1S/C15H17NO4S/c17-9-1-2-12-3-5-13(6-4-12)15(18)16-14-7-10-21(19,20)11-8-14/h3-6,14,17H,7-11H2,(H,16,18). The smallest absolute Gasteiger partial charge is 0.251 e. The molecule has 0 radical (unpaired) electrons. The molecule has 0 saturated carbocycles. The van der Waals surface area contributed by atoms with Gasteiger partial charge in [-0.25, -0.2) is 8.42 Å². The summed E-state index contributed by atoms with van der Waals surface area (Å²) < 4.78 is 22.7. The molecule has 5 nitrogen and oxygen atoms in total. The van der Waals surface area contributed by atoms with Crippen LogP contribution in [0.25, 0.3) is 0 Å². The quantitative estimate of drug-likeness (QED) is 0.772. The molecule has 0 bridgehead atoms. The van der Waals surface area contributed by atoms with E-state index >= 15 is 0 Å². The van der Waals surface area contributed by atoms with Crippen molar-refractivity contribution in [2.24, 2.45) is 0 Å². The van der Waals surface area contributed by atoms with Crippen molar-refractivity contribution in [3.05, 3.63) is 35.4 Å². The van der Waals surface area contributed by atoms with Crippen LogP contribution >= 0.6 is 0 Å². The molecule has 1 amide bonds. The lowest BCUT2D eigenvalue weighted by molar-refractivity contribution is 0.0934. The third-order valence-electron chi connectivity index (χ3n) is 3.35. The Morgan fingerprint density at radius 1 is 1.24 bits per heavy atom. The number of carbonyl (C=O) groups is 1. The molecule has 1 fully saturated rings. The van der Waals surface area contributed by atoms with Crippen LogP contribution in [-0.2, 0) is 9.84 Å². The SMILES string of the molecule is O=C(NC1CCS(=O)(=O)CC1)c1ccc(C#CCO)cc1. The molecule has 1 aliphatic heterocycles. The van der Waals surface area contributed by atoms with Crippen LogP contribution in [0.1, 0.15) is 28.8 Å². The van der Waals surface area contributed by atoms with Crippen LogP contribution in [0.3, 0.4) is 0 Å². The number of amides is 1. The van der Waals surface area contributed by atoms with Crippen molar-refractivity contribution >= 4 is 15.7 Å². The maximum atomic E-state index is 12.1. The van der Waals surface area contributed by atoms with Crippen molar-refractivity contribution in [1.29, 1.82) is 0 Å². The summed E-state index contributed by atoms with van der Waals surface area (Å²) in [6, 6.07) is 6.66. The molecule has 0 aliphatic carbocycles. The predicted molar refractivity (Wildman–Crippen MR) is 79.5 cm³/mol. The minimum atomic E-state index is -2.92. The third-order valence-corrected chi connectivity index (χ3v) is 5.06. The van der Waals surface area contributed by atoms with Crippen LogP contribution < -0.4 is 5.32 Å². The highest BCUT2D eigenvalue weighted by atomic mass is 32.2. The maximum Gasteiger partial charge on any atom is 0.251 e. The van der Waals surface area contributed by atoms with Gasteiger partial charge in [0.05, 0.1) is 11.5 Å². The van der Waals surface area contributed by atoms with Gasteiger partial charge in [0.15, 0.2) is 0 Å². The lowest BCUT2D eigenvalue weighted by Crippen LogP contribution is -2.40. The molecule has 21 heavy (non-hydrogen) atoms. The summed E-state index contributed by atoms with van der Waals surface area (Å²) in [6.07, 6.45) is 0.933. The van der Waals surface area contributed by atoms with Crippen molar-refractivity contribution in [1.82, 2.24) is 5.32 Å². The van der Waals surface area contributed by atoms with Gasteiger partial charge < -0.3 is 10.4 Å². The Morgan fingerprint density at radius 3 is 2.43 bits per heavy atom. The monoisotopic (exact) mass is 307 g/mol. The number of rotatable bonds is 2. The molecule has 6 heteroatoms. The molecule has 112 valence electrons. The molecular formula is C15H17NO4S. The van der Waals surface area contributed by atoms with Gasteiger partial charge in [-0.2, -0.15) is 0 Å². The van der Waals surface area contributed by atoms with E-state index in [0.29, 0.717) is 18.4 Å². The lowest BCUT2D eigenvalue weighted by Gasteiger charge is -2.23. The van der Waals surface area contributed by atoms with Crippen LogP contribution in [0, 0.1) is 11.8 Å². The molecule has 1 aromatic rings. The summed E-state index contributed by atoms with van der Waals surface area (Å²) in [7, 11) is -2.92. The minimum absolute atomic E-state index is 0.0881. The van der Waals surface area contributed by atoms with Crippen LogP contribution in [0.15, 0.2) is 24.3 Å². The summed E-state index contributed by atoms with van der Waals surface area (Å²) in [5.74, 6) is 5.34. The molecule has 0 atom stereocenters. The Hall–Kier alpha value is -1.84. The highest BCUT2D eigenvalue weighted by Gasteiger charge is 2.24. The summed E-state index contributed by atoms with van der Waals surface area (Å²) in [4.78, 5) is 12.1. The van der Waals surface area contributed by atoms with Crippen molar-refractivity contribution in [3.8, 4) is 11.8 Å². The van der Waals surface area contributed by atoms with Crippen molar-refractivity contribution in [3.63, 3.8) is 0 Å². The fraction of sp³-hybridized carbons (Fsp3) is 0.400. The number of carbonyl (C=O) groups excluding carboxylic acids is 1. The number of hydrogen-bond acceptors (Lipinski definition) is 4. The predicted octanol–water partition coefficient (Wildman–Crippen LogP) is 0.337. The molecule has 1 aromatic carbocycles. The molecule has 0 spiro atoms. The molecule has 2 N–H and O–H groups in total. The number of aliphatic hydroxyl groups excluding tert-OH is 1. The number of sulfone groups is 1. The second-order valence-electron chi connectivity index (χ2n) is 4.94. The van der Waals surface area contributed by atoms with Gasteiger partial charge in [-0.15, -0.1) is 0 Å². The van der Waals surface area contributed by atoms with Crippen LogP contribution in [0.2, 0.25) is 0 Å². The molecule has 2 rings (SSSR count). The lowest BCUT2D eigenvalue weighted by atomic mass is 10.1. The maximum absolute atomic E-state index is 12.1. The first-order valence-corrected chi connectivity index (χ1v) is 8.53. The van der Waals surface area contributed by atoms with Gasteiger partial charge in [-0.05, 0) is 37.1 Å². The highest BCUT2D eigenvalue weighted by molar-refractivity contribution is 7.91. The summed E-state index contributed by atoms with van der Waals surface area (Å²) in [5.41, 5.74) is 1.24. The average Bonchev–Trinajstić information content (AvgIpc) is 2.48. The Morgan fingerprint density at radius 2 is 1.86 bits per heavy atom. The number of aliphatic hydroxyl groups is 1. The van der Waals surface area contributed by atoms with Crippen molar-refractivity contribution in [2.75, 3.05) is 18.1 Å². The average molecular weight is 307 g/mol. The molecule has 1 heterocycles. The van der Waals surface area contributed by atoms with Gasteiger partial charge in [0.2, 0.25) is 0 Å². The van der Waals surface area contributed by atoms with Crippen LogP contribution in [0.4, 0.5) is 0 Å². The van der Waals surface area contributed by atoms with E-state index in [4.69, 9.17) is 5.11 Å². The third kappa shape index (κ3) is 4.59. The minimum Gasteiger partial charge on any atom is -0.384 e. The van der Waals surface area contributed by atoms with E-state index < -0.39 is 9.84 Å². The molecule has 0 aromatic heterocycles. The largest absolute Gasteiger partial charge is 0.384 e. The Kier molecular flexibility index (Phi) is 4.99. The normalized spacial score (nSPS) is 17.6. The first-order valence-electron chi connectivity index (χ1n) is 6.71. The first kappa shape index (κ1) is 15.5. The van der Waals surface area contributed by atoms with Gasteiger partial charge in [-0.3, -0.25) is 4.79 Å². The van der Waals surface area contributed by atoms with Gasteiger partial charge in [0.25, 0.3) is 5.91 Å². The topological polar surface area (TPSA) is 83.5 Å². The fourth-order valence-corrected chi connectivity index (χ4v) is 3.64. The summed E-state index contributed by atoms with van der Waals surface area (Å²) in [5, 5.41) is 11.5. The van der Waals surface area contributed by atoms with Gasteiger partial charge >= 0.3 is 0 Å². The van der Waals surface area contributed by atoms with E-state index in [-0.39, 0.29) is 30.1 Å². The van der Waals surface area contributed by atoms with Crippen molar-refractivity contribution in [2.45, 2.75) is 18.9 Å². The zero-order valence-electron chi connectivity index (χ0n) is 11.5. The number of benzene rings is 1. The van der Waals surface area contributed by atoms with E-state index in [9.17, 15) is 13.2 Å². The molecule has 1 saturated heterocycles. The van der Waals surface area contributed by atoms with E-state index in [1.807, 2.05) is 0 Å². The second kappa shape index (κ2) is 6.74. The Bertz CT molecular complexity index is 654. The van der Waals surface area contributed by atoms with E-state index in [1.54, 1.807) is 24.3 Å². The summed E-state index contributed by atoms with van der Waals surface area (Å²) in [6.45, 7) is -0.202. The van der Waals surface area contributed by atoms with E-state index in [1.165, 1.54) is 0 Å². The van der Waals surface area contributed by atoms with Crippen molar-refractivity contribution < 1.29 is 18.3 Å². The molecule has 0 unspecified atom stereocenters. The van der Waals surface area contributed by atoms with Crippen LogP contribution in [-0.4, -0.2) is 43.6 Å². The van der Waals surface area contributed by atoms with Gasteiger partial charge in [0, 0.05) is 17.2 Å².